The van der Waals surface area contributed by atoms with Gasteiger partial charge in [-0.05, 0) is 48.4 Å². The van der Waals surface area contributed by atoms with Gasteiger partial charge in [0.2, 0.25) is 0 Å². The van der Waals surface area contributed by atoms with Gasteiger partial charge in [0, 0.05) is 16.6 Å². The second-order valence-corrected chi connectivity index (χ2v) is 6.87. The lowest BCUT2D eigenvalue weighted by molar-refractivity contribution is 0.262. The molecule has 1 aliphatic rings. The quantitative estimate of drug-likeness (QED) is 0.762. The van der Waals surface area contributed by atoms with E-state index in [1.54, 1.807) is 0 Å². The Hall–Kier alpha value is -1.12. The van der Waals surface area contributed by atoms with Crippen molar-refractivity contribution in [3.63, 3.8) is 0 Å². The number of nitrogens with one attached hydrogen (secondary N) is 1. The normalized spacial score (nSPS) is 22.6. The molecule has 1 fully saturated rings. The summed E-state index contributed by atoms with van der Waals surface area (Å²) in [7, 11) is 0. The topological polar surface area (TPSA) is 12.0 Å². The van der Waals surface area contributed by atoms with Crippen LogP contribution >= 0.6 is 15.9 Å². The Balaban J connectivity index is 1.55. The Morgan fingerprint density at radius 1 is 1.05 bits per heavy atom. The van der Waals surface area contributed by atoms with E-state index in [1.165, 1.54) is 24.0 Å². The SMILES string of the molecule is CCC(NC1CC(c2ccc(Br)cc2)C1)c1ccccc1. The van der Waals surface area contributed by atoms with E-state index in [4.69, 9.17) is 0 Å². The Labute approximate surface area is 135 Å². The van der Waals surface area contributed by atoms with E-state index in [1.807, 2.05) is 0 Å². The van der Waals surface area contributed by atoms with Crippen molar-refractivity contribution in [2.75, 3.05) is 0 Å². The molecule has 0 aromatic heterocycles. The molecule has 0 bridgehead atoms. The maximum absolute atomic E-state index is 3.82. The lowest BCUT2D eigenvalue weighted by Crippen LogP contribution is -2.41. The Kier molecular flexibility index (Phi) is 4.77. The number of benzene rings is 2. The first-order chi connectivity index (χ1) is 10.3. The molecule has 1 atom stereocenters. The van der Waals surface area contributed by atoms with E-state index in [2.05, 4.69) is 82.8 Å². The second-order valence-electron chi connectivity index (χ2n) is 5.95. The molecule has 1 aliphatic carbocycles. The van der Waals surface area contributed by atoms with Gasteiger partial charge in [-0.2, -0.15) is 0 Å². The maximum Gasteiger partial charge on any atom is 0.0320 e. The van der Waals surface area contributed by atoms with Gasteiger partial charge in [-0.3, -0.25) is 0 Å². The van der Waals surface area contributed by atoms with Crippen LogP contribution in [0.4, 0.5) is 0 Å². The third-order valence-electron chi connectivity index (χ3n) is 4.53. The standard InChI is InChI=1S/C19H22BrN/c1-2-19(15-6-4-3-5-7-15)21-18-12-16(13-18)14-8-10-17(20)11-9-14/h3-11,16,18-19,21H,2,12-13H2,1H3. The fourth-order valence-corrected chi connectivity index (χ4v) is 3.45. The molecule has 110 valence electrons. The summed E-state index contributed by atoms with van der Waals surface area (Å²) in [6.45, 7) is 2.26. The van der Waals surface area contributed by atoms with Crippen molar-refractivity contribution < 1.29 is 0 Å². The van der Waals surface area contributed by atoms with Crippen molar-refractivity contribution in [3.05, 3.63) is 70.2 Å². The van der Waals surface area contributed by atoms with Crippen LogP contribution in [0.1, 0.15) is 49.3 Å². The summed E-state index contributed by atoms with van der Waals surface area (Å²) in [6, 6.07) is 20.7. The fourth-order valence-electron chi connectivity index (χ4n) is 3.18. The molecule has 0 spiro atoms. The molecule has 2 heteroatoms. The third kappa shape index (κ3) is 3.56. The van der Waals surface area contributed by atoms with Crippen LogP contribution in [-0.4, -0.2) is 6.04 Å². The zero-order valence-electron chi connectivity index (χ0n) is 12.4. The van der Waals surface area contributed by atoms with E-state index in [-0.39, 0.29) is 0 Å². The van der Waals surface area contributed by atoms with Crippen molar-refractivity contribution in [1.82, 2.24) is 5.32 Å². The fraction of sp³-hybridized carbons (Fsp3) is 0.368. The largest absolute Gasteiger partial charge is 0.307 e. The van der Waals surface area contributed by atoms with Crippen LogP contribution in [-0.2, 0) is 0 Å². The van der Waals surface area contributed by atoms with Gasteiger partial charge in [-0.1, -0.05) is 65.3 Å². The van der Waals surface area contributed by atoms with Crippen molar-refractivity contribution in [1.29, 1.82) is 0 Å². The van der Waals surface area contributed by atoms with Gasteiger partial charge in [0.05, 0.1) is 0 Å². The smallest absolute Gasteiger partial charge is 0.0320 e. The van der Waals surface area contributed by atoms with Crippen LogP contribution in [0.5, 0.6) is 0 Å². The number of rotatable bonds is 5. The van der Waals surface area contributed by atoms with Gasteiger partial charge >= 0.3 is 0 Å². The summed E-state index contributed by atoms with van der Waals surface area (Å²) in [5, 5.41) is 3.82. The first-order valence-electron chi connectivity index (χ1n) is 7.82. The Bertz CT molecular complexity index is 558. The van der Waals surface area contributed by atoms with E-state index in [0.29, 0.717) is 12.1 Å². The molecule has 0 radical (unpaired) electrons. The highest BCUT2D eigenvalue weighted by molar-refractivity contribution is 9.10. The Morgan fingerprint density at radius 2 is 1.71 bits per heavy atom. The molecule has 1 nitrogen and oxygen atoms in total. The minimum atomic E-state index is 0.488. The monoisotopic (exact) mass is 343 g/mol. The van der Waals surface area contributed by atoms with Gasteiger partial charge in [-0.25, -0.2) is 0 Å². The average Bonchev–Trinajstić information content (AvgIpc) is 2.49. The molecule has 0 saturated heterocycles. The average molecular weight is 344 g/mol. The van der Waals surface area contributed by atoms with Crippen molar-refractivity contribution in [2.45, 2.75) is 44.2 Å². The van der Waals surface area contributed by atoms with Crippen LogP contribution in [0.3, 0.4) is 0 Å². The molecule has 0 aliphatic heterocycles. The van der Waals surface area contributed by atoms with Crippen LogP contribution < -0.4 is 5.32 Å². The number of halogens is 1. The summed E-state index contributed by atoms with van der Waals surface area (Å²) < 4.78 is 1.16. The van der Waals surface area contributed by atoms with Crippen LogP contribution in [0.15, 0.2) is 59.1 Å². The summed E-state index contributed by atoms with van der Waals surface area (Å²) in [6.07, 6.45) is 3.65. The highest BCUT2D eigenvalue weighted by atomic mass is 79.9. The highest BCUT2D eigenvalue weighted by Gasteiger charge is 2.31. The minimum absolute atomic E-state index is 0.488. The van der Waals surface area contributed by atoms with Gasteiger partial charge in [0.15, 0.2) is 0 Å². The molecule has 1 saturated carbocycles. The van der Waals surface area contributed by atoms with E-state index in [9.17, 15) is 0 Å². The molecule has 2 aromatic carbocycles. The Morgan fingerprint density at radius 3 is 2.33 bits per heavy atom. The molecule has 3 rings (SSSR count). The molecular formula is C19H22BrN. The van der Waals surface area contributed by atoms with Gasteiger partial charge in [0.25, 0.3) is 0 Å². The molecule has 1 N–H and O–H groups in total. The molecule has 21 heavy (non-hydrogen) atoms. The van der Waals surface area contributed by atoms with Gasteiger partial charge in [-0.15, -0.1) is 0 Å². The second kappa shape index (κ2) is 6.76. The predicted molar refractivity (Wildman–Crippen MR) is 92.5 cm³/mol. The van der Waals surface area contributed by atoms with E-state index in [0.717, 1.165) is 16.8 Å². The van der Waals surface area contributed by atoms with Crippen LogP contribution in [0, 0.1) is 0 Å². The lowest BCUT2D eigenvalue weighted by atomic mass is 9.75. The molecule has 0 heterocycles. The minimum Gasteiger partial charge on any atom is -0.307 e. The van der Waals surface area contributed by atoms with E-state index < -0.39 is 0 Å². The third-order valence-corrected chi connectivity index (χ3v) is 5.06. The first-order valence-corrected chi connectivity index (χ1v) is 8.62. The highest BCUT2D eigenvalue weighted by Crippen LogP contribution is 2.38. The zero-order chi connectivity index (χ0) is 14.7. The van der Waals surface area contributed by atoms with Gasteiger partial charge < -0.3 is 5.32 Å². The zero-order valence-corrected chi connectivity index (χ0v) is 14.0. The maximum atomic E-state index is 3.82. The molecule has 1 unspecified atom stereocenters. The molecule has 2 aromatic rings. The lowest BCUT2D eigenvalue weighted by Gasteiger charge is -2.39. The summed E-state index contributed by atoms with van der Waals surface area (Å²) in [5.41, 5.74) is 2.89. The summed E-state index contributed by atoms with van der Waals surface area (Å²) in [4.78, 5) is 0. The summed E-state index contributed by atoms with van der Waals surface area (Å²) >= 11 is 3.50. The van der Waals surface area contributed by atoms with E-state index >= 15 is 0 Å². The first kappa shape index (κ1) is 14.8. The molecule has 0 amide bonds. The van der Waals surface area contributed by atoms with Gasteiger partial charge in [0.1, 0.15) is 0 Å². The number of hydrogen-bond acceptors (Lipinski definition) is 1. The van der Waals surface area contributed by atoms with Crippen molar-refractivity contribution in [3.8, 4) is 0 Å². The van der Waals surface area contributed by atoms with Crippen molar-refractivity contribution >= 4 is 15.9 Å². The van der Waals surface area contributed by atoms with Crippen LogP contribution in [0.25, 0.3) is 0 Å². The van der Waals surface area contributed by atoms with Crippen molar-refractivity contribution in [2.24, 2.45) is 0 Å². The van der Waals surface area contributed by atoms with Crippen LogP contribution in [0.2, 0.25) is 0 Å². The molecular weight excluding hydrogens is 322 g/mol. The summed E-state index contributed by atoms with van der Waals surface area (Å²) in [5.74, 6) is 0.726. The number of hydrogen-bond donors (Lipinski definition) is 1. The predicted octanol–water partition coefficient (Wildman–Crippen LogP) is 5.44.